The zero-order valence-corrected chi connectivity index (χ0v) is 7.66. The maximum atomic E-state index is 8.53. The van der Waals surface area contributed by atoms with Crippen LogP contribution < -0.4 is 11.1 Å². The maximum Gasteiger partial charge on any atom is 0.451 e. The van der Waals surface area contributed by atoms with Gasteiger partial charge in [-0.2, -0.15) is 0 Å². The molecule has 5 heteroatoms. The van der Waals surface area contributed by atoms with Gasteiger partial charge in [0.15, 0.2) is 0 Å². The number of nitrogens with one attached hydrogen (secondary N) is 1. The molecule has 0 aliphatic rings. The maximum absolute atomic E-state index is 8.53. The summed E-state index contributed by atoms with van der Waals surface area (Å²) in [6.45, 7) is 0.821. The van der Waals surface area contributed by atoms with Crippen molar-refractivity contribution in [2.45, 2.75) is 31.6 Å². The van der Waals surface area contributed by atoms with E-state index < -0.39 is 7.12 Å². The van der Waals surface area contributed by atoms with Gasteiger partial charge in [-0.1, -0.05) is 12.8 Å². The van der Waals surface area contributed by atoms with Crippen molar-refractivity contribution in [1.29, 1.82) is 0 Å². The predicted molar refractivity (Wildman–Crippen MR) is 50.8 cm³/mol. The molecule has 0 amide bonds. The topological polar surface area (TPSA) is 78.5 Å². The van der Waals surface area contributed by atoms with Crippen LogP contribution in [0, 0.1) is 0 Å². The summed E-state index contributed by atoms with van der Waals surface area (Å²) in [5, 5.41) is 20.1. The molecule has 0 aromatic heterocycles. The van der Waals surface area contributed by atoms with Gasteiger partial charge in [0, 0.05) is 12.6 Å². The van der Waals surface area contributed by atoms with Crippen LogP contribution in [0.3, 0.4) is 0 Å². The van der Waals surface area contributed by atoms with E-state index in [1.807, 2.05) is 7.05 Å². The molecule has 0 fully saturated rings. The first-order valence-electron chi connectivity index (χ1n) is 4.43. The minimum atomic E-state index is -1.16. The molecule has 12 heavy (non-hydrogen) atoms. The molecule has 0 aromatic carbocycles. The first kappa shape index (κ1) is 11.9. The van der Waals surface area contributed by atoms with Gasteiger partial charge in [0.05, 0.1) is 0 Å². The van der Waals surface area contributed by atoms with Crippen molar-refractivity contribution in [3.63, 3.8) is 0 Å². The molecule has 0 saturated carbocycles. The third-order valence-corrected chi connectivity index (χ3v) is 1.75. The van der Waals surface area contributed by atoms with Gasteiger partial charge in [0.1, 0.15) is 0 Å². The van der Waals surface area contributed by atoms with Gasteiger partial charge in [-0.3, -0.25) is 0 Å². The van der Waals surface area contributed by atoms with Gasteiger partial charge in [-0.15, -0.1) is 0 Å². The lowest BCUT2D eigenvalue weighted by molar-refractivity contribution is 0.400. The molecule has 72 valence electrons. The third kappa shape index (κ3) is 8.01. The first-order valence-corrected chi connectivity index (χ1v) is 4.43. The zero-order chi connectivity index (χ0) is 9.40. The summed E-state index contributed by atoms with van der Waals surface area (Å²) in [6, 6.07) is 0.186. The summed E-state index contributed by atoms with van der Waals surface area (Å²) in [5.74, 6) is 0. The Hall–Kier alpha value is -0.0951. The van der Waals surface area contributed by atoms with Gasteiger partial charge in [0.2, 0.25) is 0 Å². The van der Waals surface area contributed by atoms with Gasteiger partial charge in [-0.25, -0.2) is 0 Å². The van der Waals surface area contributed by atoms with Crippen LogP contribution >= 0.6 is 0 Å². The van der Waals surface area contributed by atoms with E-state index in [0.717, 1.165) is 25.8 Å². The summed E-state index contributed by atoms with van der Waals surface area (Å²) in [7, 11) is 0.711. The zero-order valence-electron chi connectivity index (χ0n) is 7.66. The summed E-state index contributed by atoms with van der Waals surface area (Å²) in [4.78, 5) is 0. The Balaban J connectivity index is 3.08. The van der Waals surface area contributed by atoms with Crippen LogP contribution in [0.5, 0.6) is 0 Å². The van der Waals surface area contributed by atoms with E-state index in [1.165, 1.54) is 0 Å². The SMILES string of the molecule is CNCC(N)CCCCB(O)O. The summed E-state index contributed by atoms with van der Waals surface area (Å²) < 4.78 is 0. The molecule has 0 spiro atoms. The van der Waals surface area contributed by atoms with E-state index >= 15 is 0 Å². The Morgan fingerprint density at radius 2 is 2.08 bits per heavy atom. The molecular formula is C7H19BN2O2. The van der Waals surface area contributed by atoms with Crippen molar-refractivity contribution < 1.29 is 10.0 Å². The molecule has 0 rings (SSSR count). The molecule has 1 atom stereocenters. The lowest BCUT2D eigenvalue weighted by Gasteiger charge is -2.09. The highest BCUT2D eigenvalue weighted by Gasteiger charge is 2.06. The molecule has 1 unspecified atom stereocenters. The highest BCUT2D eigenvalue weighted by atomic mass is 16.4. The molecule has 0 aromatic rings. The average molecular weight is 174 g/mol. The van der Waals surface area contributed by atoms with Crippen LogP contribution in [-0.4, -0.2) is 36.8 Å². The summed E-state index contributed by atoms with van der Waals surface area (Å²) in [5.41, 5.74) is 5.71. The Morgan fingerprint density at radius 1 is 1.42 bits per heavy atom. The van der Waals surface area contributed by atoms with Gasteiger partial charge >= 0.3 is 7.12 Å². The number of likely N-dealkylation sites (N-methyl/N-ethyl adjacent to an activating group) is 1. The Morgan fingerprint density at radius 3 is 2.58 bits per heavy atom. The summed E-state index contributed by atoms with van der Waals surface area (Å²) >= 11 is 0. The summed E-state index contributed by atoms with van der Waals surface area (Å²) in [6.07, 6.45) is 3.18. The third-order valence-electron chi connectivity index (χ3n) is 1.75. The minimum absolute atomic E-state index is 0.186. The van der Waals surface area contributed by atoms with Crippen LogP contribution in [0.4, 0.5) is 0 Å². The van der Waals surface area contributed by atoms with Crippen molar-refractivity contribution >= 4 is 7.12 Å². The van der Waals surface area contributed by atoms with Gasteiger partial charge in [-0.05, 0) is 19.8 Å². The molecule has 0 aliphatic heterocycles. The smallest absolute Gasteiger partial charge is 0.427 e. The van der Waals surface area contributed by atoms with Crippen molar-refractivity contribution in [2.75, 3.05) is 13.6 Å². The molecule has 4 nitrogen and oxygen atoms in total. The van der Waals surface area contributed by atoms with Gasteiger partial charge in [0.25, 0.3) is 0 Å². The predicted octanol–water partition coefficient (Wildman–Crippen LogP) is -0.824. The second-order valence-corrected chi connectivity index (χ2v) is 3.08. The number of unbranched alkanes of at least 4 members (excludes halogenated alkanes) is 1. The number of hydrogen-bond donors (Lipinski definition) is 4. The highest BCUT2D eigenvalue weighted by molar-refractivity contribution is 6.40. The average Bonchev–Trinajstić information content (AvgIpc) is 1.98. The van der Waals surface area contributed by atoms with Crippen molar-refractivity contribution in [2.24, 2.45) is 5.73 Å². The van der Waals surface area contributed by atoms with Crippen molar-refractivity contribution in [3.05, 3.63) is 0 Å². The monoisotopic (exact) mass is 174 g/mol. The fourth-order valence-corrected chi connectivity index (χ4v) is 1.10. The van der Waals surface area contributed by atoms with E-state index in [2.05, 4.69) is 5.32 Å². The van der Waals surface area contributed by atoms with Crippen LogP contribution in [0.2, 0.25) is 6.32 Å². The Labute approximate surface area is 74.3 Å². The van der Waals surface area contributed by atoms with Crippen molar-refractivity contribution in [3.8, 4) is 0 Å². The number of hydrogen-bond acceptors (Lipinski definition) is 4. The number of rotatable bonds is 7. The van der Waals surface area contributed by atoms with Crippen LogP contribution in [0.15, 0.2) is 0 Å². The molecule has 0 saturated heterocycles. The normalized spacial score (nSPS) is 13.0. The second-order valence-electron chi connectivity index (χ2n) is 3.08. The standard InChI is InChI=1S/C7H19BN2O2/c1-10-6-7(9)4-2-3-5-8(11)12/h7,10-12H,2-6,9H2,1H3. The van der Waals surface area contributed by atoms with Crippen LogP contribution in [0.25, 0.3) is 0 Å². The lowest BCUT2D eigenvalue weighted by atomic mass is 9.83. The Kier molecular flexibility index (Phi) is 7.49. The molecule has 0 aliphatic carbocycles. The Bertz CT molecular complexity index is 103. The van der Waals surface area contributed by atoms with E-state index in [4.69, 9.17) is 15.8 Å². The first-order chi connectivity index (χ1) is 5.66. The molecule has 5 N–H and O–H groups in total. The van der Waals surface area contributed by atoms with E-state index in [9.17, 15) is 0 Å². The fraction of sp³-hybridized carbons (Fsp3) is 1.00. The largest absolute Gasteiger partial charge is 0.451 e. The highest BCUT2D eigenvalue weighted by Crippen LogP contribution is 2.03. The molecule has 0 radical (unpaired) electrons. The van der Waals surface area contributed by atoms with Crippen LogP contribution in [-0.2, 0) is 0 Å². The van der Waals surface area contributed by atoms with Crippen molar-refractivity contribution in [1.82, 2.24) is 5.32 Å². The minimum Gasteiger partial charge on any atom is -0.427 e. The quantitative estimate of drug-likeness (QED) is 0.300. The van der Waals surface area contributed by atoms with E-state index in [-0.39, 0.29) is 6.04 Å². The van der Waals surface area contributed by atoms with E-state index in [0.29, 0.717) is 6.32 Å². The van der Waals surface area contributed by atoms with Gasteiger partial charge < -0.3 is 21.1 Å². The number of nitrogens with two attached hydrogens (primary N) is 1. The lowest BCUT2D eigenvalue weighted by Crippen LogP contribution is -2.31. The van der Waals surface area contributed by atoms with Crippen LogP contribution in [0.1, 0.15) is 19.3 Å². The molecular weight excluding hydrogens is 155 g/mol. The van der Waals surface area contributed by atoms with E-state index in [1.54, 1.807) is 0 Å². The molecule has 0 bridgehead atoms. The molecule has 0 heterocycles. The fourth-order valence-electron chi connectivity index (χ4n) is 1.10. The second kappa shape index (κ2) is 7.55.